The first-order valence-electron chi connectivity index (χ1n) is 8.72. The van der Waals surface area contributed by atoms with Crippen molar-refractivity contribution in [3.05, 3.63) is 65.7 Å². The van der Waals surface area contributed by atoms with Gasteiger partial charge >= 0.3 is 0 Å². The van der Waals surface area contributed by atoms with Gasteiger partial charge < -0.3 is 10.1 Å². The molecular formula is C20H26N2O4S. The summed E-state index contributed by atoms with van der Waals surface area (Å²) in [5.74, 6) is 0.366. The quantitative estimate of drug-likeness (QED) is 0.713. The maximum absolute atomic E-state index is 12.4. The number of rotatable bonds is 9. The Morgan fingerprint density at radius 1 is 1.11 bits per heavy atom. The molecule has 2 aromatic carbocycles. The Morgan fingerprint density at radius 3 is 2.37 bits per heavy atom. The molecular weight excluding hydrogens is 364 g/mol. The van der Waals surface area contributed by atoms with Gasteiger partial charge in [0.15, 0.2) is 0 Å². The number of nitrogens with one attached hydrogen (secondary N) is 1. The lowest BCUT2D eigenvalue weighted by atomic mass is 10.1. The maximum atomic E-state index is 12.4. The molecule has 0 heterocycles. The summed E-state index contributed by atoms with van der Waals surface area (Å²) >= 11 is 0. The molecule has 1 unspecified atom stereocenters. The topological polar surface area (TPSA) is 75.7 Å². The summed E-state index contributed by atoms with van der Waals surface area (Å²) in [5.41, 5.74) is 1.86. The first kappa shape index (κ1) is 20.9. The summed E-state index contributed by atoms with van der Waals surface area (Å²) in [6.45, 7) is 1.85. The molecule has 6 nitrogen and oxygen atoms in total. The zero-order valence-corrected chi connectivity index (χ0v) is 16.7. The summed E-state index contributed by atoms with van der Waals surface area (Å²) in [7, 11) is -1.94. The molecule has 0 aliphatic rings. The lowest BCUT2D eigenvalue weighted by Gasteiger charge is -2.21. The van der Waals surface area contributed by atoms with Crippen LogP contribution in [0.15, 0.2) is 54.6 Å². The molecule has 1 N–H and O–H groups in total. The second-order valence-corrected chi connectivity index (χ2v) is 8.34. The van der Waals surface area contributed by atoms with Gasteiger partial charge in [-0.1, -0.05) is 48.5 Å². The van der Waals surface area contributed by atoms with Gasteiger partial charge in [-0.3, -0.25) is 4.79 Å². The number of ether oxygens (including phenoxy) is 1. The minimum absolute atomic E-state index is 0.200. The van der Waals surface area contributed by atoms with Crippen molar-refractivity contribution in [2.45, 2.75) is 19.4 Å². The number of hydrogen-bond acceptors (Lipinski definition) is 4. The second-order valence-electron chi connectivity index (χ2n) is 6.36. The highest BCUT2D eigenvalue weighted by molar-refractivity contribution is 7.88. The average Bonchev–Trinajstić information content (AvgIpc) is 2.65. The fourth-order valence-electron chi connectivity index (χ4n) is 2.79. The van der Waals surface area contributed by atoms with Crippen LogP contribution in [0.3, 0.4) is 0 Å². The maximum Gasteiger partial charge on any atom is 0.235 e. The monoisotopic (exact) mass is 390 g/mol. The van der Waals surface area contributed by atoms with E-state index in [1.54, 1.807) is 7.11 Å². The molecule has 146 valence electrons. The third-order valence-electron chi connectivity index (χ3n) is 4.29. The summed E-state index contributed by atoms with van der Waals surface area (Å²) in [6, 6.07) is 16.8. The highest BCUT2D eigenvalue weighted by Gasteiger charge is 2.21. The van der Waals surface area contributed by atoms with Gasteiger partial charge in [-0.05, 0) is 30.5 Å². The Balaban J connectivity index is 2.01. The number of methoxy groups -OCH3 is 1. The van der Waals surface area contributed by atoms with Gasteiger partial charge in [0.05, 0.1) is 26.0 Å². The Kier molecular flexibility index (Phi) is 7.38. The normalized spacial score (nSPS) is 12.6. The SMILES string of the molecule is COc1ccccc1CCN(CC(=O)NC(C)c1ccccc1)S(C)(=O)=O. The fraction of sp³-hybridized carbons (Fsp3) is 0.350. The van der Waals surface area contributed by atoms with Crippen LogP contribution in [-0.4, -0.2) is 45.1 Å². The molecule has 0 radical (unpaired) electrons. The minimum atomic E-state index is -3.52. The van der Waals surface area contributed by atoms with Gasteiger partial charge in [-0.25, -0.2) is 8.42 Å². The van der Waals surface area contributed by atoms with Crippen molar-refractivity contribution < 1.29 is 17.9 Å². The summed E-state index contributed by atoms with van der Waals surface area (Å²) < 4.78 is 30.7. The number of nitrogens with zero attached hydrogens (tertiary/aromatic N) is 1. The Labute approximate surface area is 161 Å². The number of para-hydroxylation sites is 1. The van der Waals surface area contributed by atoms with Crippen LogP contribution in [0.4, 0.5) is 0 Å². The standard InChI is InChI=1S/C20H26N2O4S/c1-16(17-9-5-4-6-10-17)21-20(23)15-22(27(3,24)25)14-13-18-11-7-8-12-19(18)26-2/h4-12,16H,13-15H2,1-3H3,(H,21,23). The molecule has 0 spiro atoms. The van der Waals surface area contributed by atoms with Crippen LogP contribution in [0.25, 0.3) is 0 Å². The van der Waals surface area contributed by atoms with Gasteiger partial charge in [-0.2, -0.15) is 4.31 Å². The van der Waals surface area contributed by atoms with Crippen molar-refractivity contribution in [3.63, 3.8) is 0 Å². The highest BCUT2D eigenvalue weighted by Crippen LogP contribution is 2.18. The number of carbonyl (C=O) groups excluding carboxylic acids is 1. The number of carbonyl (C=O) groups is 1. The average molecular weight is 391 g/mol. The summed E-state index contributed by atoms with van der Waals surface area (Å²) in [6.07, 6.45) is 1.57. The van der Waals surface area contributed by atoms with Crippen molar-refractivity contribution in [2.75, 3.05) is 26.5 Å². The Morgan fingerprint density at radius 2 is 1.74 bits per heavy atom. The van der Waals surface area contributed by atoms with E-state index in [4.69, 9.17) is 4.74 Å². The van der Waals surface area contributed by atoms with Crippen LogP contribution in [0.1, 0.15) is 24.1 Å². The predicted octanol–water partition coefficient (Wildman–Crippen LogP) is 2.38. The van der Waals surface area contributed by atoms with Gasteiger partial charge in [0.25, 0.3) is 0 Å². The van der Waals surface area contributed by atoms with E-state index in [1.165, 1.54) is 4.31 Å². The summed E-state index contributed by atoms with van der Waals surface area (Å²) in [4.78, 5) is 12.4. The van der Waals surface area contributed by atoms with Crippen LogP contribution in [-0.2, 0) is 21.2 Å². The van der Waals surface area contributed by atoms with Crippen molar-refractivity contribution in [2.24, 2.45) is 0 Å². The van der Waals surface area contributed by atoms with E-state index in [9.17, 15) is 13.2 Å². The number of benzene rings is 2. The molecule has 2 aromatic rings. The van der Waals surface area contributed by atoms with E-state index < -0.39 is 10.0 Å². The molecule has 1 amide bonds. The van der Waals surface area contributed by atoms with Crippen molar-refractivity contribution in [3.8, 4) is 5.75 Å². The van der Waals surface area contributed by atoms with Gasteiger partial charge in [0.2, 0.25) is 15.9 Å². The van der Waals surface area contributed by atoms with Crippen LogP contribution in [0, 0.1) is 0 Å². The number of sulfonamides is 1. The first-order valence-corrected chi connectivity index (χ1v) is 10.6. The molecule has 0 aliphatic carbocycles. The van der Waals surface area contributed by atoms with Crippen LogP contribution in [0.5, 0.6) is 5.75 Å². The molecule has 0 saturated carbocycles. The van der Waals surface area contributed by atoms with Gasteiger partial charge in [0, 0.05) is 6.54 Å². The molecule has 0 aromatic heterocycles. The van der Waals surface area contributed by atoms with Gasteiger partial charge in [-0.15, -0.1) is 0 Å². The third-order valence-corrected chi connectivity index (χ3v) is 5.54. The number of amides is 1. The highest BCUT2D eigenvalue weighted by atomic mass is 32.2. The summed E-state index contributed by atoms with van der Waals surface area (Å²) in [5, 5.41) is 2.85. The number of hydrogen-bond donors (Lipinski definition) is 1. The zero-order chi connectivity index (χ0) is 19.9. The zero-order valence-electron chi connectivity index (χ0n) is 15.9. The lowest BCUT2D eigenvalue weighted by Crippen LogP contribution is -2.41. The van der Waals surface area contributed by atoms with E-state index in [0.29, 0.717) is 12.2 Å². The largest absolute Gasteiger partial charge is 0.496 e. The molecule has 0 bridgehead atoms. The van der Waals surface area contributed by atoms with Crippen LogP contribution < -0.4 is 10.1 Å². The molecule has 1 atom stereocenters. The predicted molar refractivity (Wildman–Crippen MR) is 106 cm³/mol. The fourth-order valence-corrected chi connectivity index (χ4v) is 3.56. The van der Waals surface area contributed by atoms with Crippen LogP contribution >= 0.6 is 0 Å². The van der Waals surface area contributed by atoms with E-state index in [1.807, 2.05) is 61.5 Å². The van der Waals surface area contributed by atoms with E-state index in [2.05, 4.69) is 5.32 Å². The van der Waals surface area contributed by atoms with Crippen LogP contribution in [0.2, 0.25) is 0 Å². The smallest absolute Gasteiger partial charge is 0.235 e. The molecule has 0 fully saturated rings. The Hall–Kier alpha value is -2.38. The van der Waals surface area contributed by atoms with Crippen molar-refractivity contribution in [1.82, 2.24) is 9.62 Å². The lowest BCUT2D eigenvalue weighted by molar-refractivity contribution is -0.121. The first-order chi connectivity index (χ1) is 12.8. The molecule has 27 heavy (non-hydrogen) atoms. The van der Waals surface area contributed by atoms with Crippen molar-refractivity contribution in [1.29, 1.82) is 0 Å². The third kappa shape index (κ3) is 6.37. The molecule has 7 heteroatoms. The van der Waals surface area contributed by atoms with E-state index in [-0.39, 0.29) is 25.0 Å². The van der Waals surface area contributed by atoms with E-state index >= 15 is 0 Å². The molecule has 2 rings (SSSR count). The Bertz CT molecular complexity index is 853. The second kappa shape index (κ2) is 9.53. The van der Waals surface area contributed by atoms with Gasteiger partial charge in [0.1, 0.15) is 5.75 Å². The van der Waals surface area contributed by atoms with Crippen molar-refractivity contribution >= 4 is 15.9 Å². The van der Waals surface area contributed by atoms with E-state index in [0.717, 1.165) is 17.4 Å². The minimum Gasteiger partial charge on any atom is -0.496 e. The molecule has 0 aliphatic heterocycles. The molecule has 0 saturated heterocycles.